The summed E-state index contributed by atoms with van der Waals surface area (Å²) in [6.07, 6.45) is 73.8. The Hall–Kier alpha value is -4.90. The molecule has 11 nitrogen and oxygen atoms in total. The van der Waals surface area contributed by atoms with E-state index in [2.05, 4.69) is 154 Å². The van der Waals surface area contributed by atoms with Crippen molar-refractivity contribution < 1.29 is 52.2 Å². The zero-order valence-corrected chi connectivity index (χ0v) is 47.8. The van der Waals surface area contributed by atoms with Crippen LogP contribution in [0.3, 0.4) is 0 Å². The van der Waals surface area contributed by atoms with Crippen LogP contribution in [0.4, 0.5) is 0 Å². The third kappa shape index (κ3) is 53.9. The van der Waals surface area contributed by atoms with E-state index in [1.54, 1.807) is 6.08 Å². The number of carbonyl (C=O) groups excluding carboxylic acids is 3. The Morgan fingerprint density at radius 2 is 0.697 bits per heavy atom. The highest BCUT2D eigenvalue weighted by atomic mass is 31.2. The molecule has 3 atom stereocenters. The number of ether oxygens (including phenoxy) is 3. The first-order chi connectivity index (χ1) is 37.2. The van der Waals surface area contributed by atoms with Crippen molar-refractivity contribution in [3.63, 3.8) is 0 Å². The van der Waals surface area contributed by atoms with Crippen LogP contribution in [0.2, 0.25) is 0 Å². The topological polar surface area (TPSA) is 155 Å². The second-order valence-electron chi connectivity index (χ2n) is 18.0. The Labute approximate surface area is 460 Å². The van der Waals surface area contributed by atoms with Gasteiger partial charge in [-0.1, -0.05) is 204 Å². The standard InChI is InChI=1S/C64H99O11P/c1-4-7-10-13-16-19-22-25-28-29-30-31-34-35-38-41-44-47-50-53-62(66)71-57-61(75-64(68)55-52-49-46-43-40-37-33-27-24-21-18-15-12-9-6-3)59-73-76(69,70)72-58-60(56-65)74-63(67)54-51-48-45-42-39-36-32-26-23-20-17-14-11-8-5-2/h7-12,16-21,25-28,30-33,39-40,42-43,49,52,60-61,65H,4-6,13-15,22-24,29,34-38,41,44-48,50-51,53-59H2,1-3H3,(H,69,70)/b10-7-,11-8-,12-9-,19-16-,20-17-,21-18-,28-25-,31-30-,32-26-,33-27-,42-39-,43-40-,52-49-. The van der Waals surface area contributed by atoms with Crippen molar-refractivity contribution >= 4 is 25.7 Å². The smallest absolute Gasteiger partial charge is 0.462 e. The number of phosphoric ester groups is 1. The van der Waals surface area contributed by atoms with E-state index in [1.165, 1.54) is 0 Å². The van der Waals surface area contributed by atoms with E-state index in [0.29, 0.717) is 19.3 Å². The second-order valence-corrected chi connectivity index (χ2v) is 19.4. The average molecular weight is 1080 g/mol. The molecule has 76 heavy (non-hydrogen) atoms. The van der Waals surface area contributed by atoms with Crippen LogP contribution in [0.15, 0.2) is 158 Å². The quantitative estimate of drug-likeness (QED) is 0.0197. The van der Waals surface area contributed by atoms with E-state index in [1.807, 2.05) is 18.2 Å². The summed E-state index contributed by atoms with van der Waals surface area (Å²) in [7, 11) is -4.80. The summed E-state index contributed by atoms with van der Waals surface area (Å²) in [5, 5.41) is 9.80. The molecule has 426 valence electrons. The van der Waals surface area contributed by atoms with E-state index in [9.17, 15) is 28.9 Å². The summed E-state index contributed by atoms with van der Waals surface area (Å²) in [4.78, 5) is 48.5. The first kappa shape index (κ1) is 71.1. The van der Waals surface area contributed by atoms with Crippen LogP contribution < -0.4 is 0 Å². The maximum absolute atomic E-state index is 12.9. The molecule has 0 saturated heterocycles. The molecule has 0 aliphatic heterocycles. The molecule has 12 heteroatoms. The van der Waals surface area contributed by atoms with E-state index in [0.717, 1.165) is 128 Å². The summed E-state index contributed by atoms with van der Waals surface area (Å²) >= 11 is 0. The number of hydrogen-bond acceptors (Lipinski definition) is 10. The molecule has 2 N–H and O–H groups in total. The van der Waals surface area contributed by atoms with Gasteiger partial charge in [-0.05, 0) is 122 Å². The second kappa shape index (κ2) is 56.3. The molecule has 0 heterocycles. The van der Waals surface area contributed by atoms with Crippen LogP contribution in [0.1, 0.15) is 188 Å². The van der Waals surface area contributed by atoms with E-state index in [4.69, 9.17) is 23.3 Å². The largest absolute Gasteiger partial charge is 0.472 e. The lowest BCUT2D eigenvalue weighted by Gasteiger charge is -2.21. The molecule has 0 aromatic rings. The fourth-order valence-electron chi connectivity index (χ4n) is 6.76. The van der Waals surface area contributed by atoms with E-state index < -0.39 is 64.4 Å². The highest BCUT2D eigenvalue weighted by molar-refractivity contribution is 7.47. The minimum Gasteiger partial charge on any atom is -0.462 e. The van der Waals surface area contributed by atoms with Gasteiger partial charge in [0.15, 0.2) is 6.10 Å². The van der Waals surface area contributed by atoms with Gasteiger partial charge in [-0.25, -0.2) is 4.57 Å². The summed E-state index contributed by atoms with van der Waals surface area (Å²) in [5.74, 6) is -1.70. The van der Waals surface area contributed by atoms with Gasteiger partial charge in [0.1, 0.15) is 12.7 Å². The highest BCUT2D eigenvalue weighted by Crippen LogP contribution is 2.43. The molecular formula is C64H99O11P. The maximum atomic E-state index is 12.9. The molecular weight excluding hydrogens is 976 g/mol. The average Bonchev–Trinajstić information content (AvgIpc) is 3.41. The molecule has 0 aliphatic rings. The number of unbranched alkanes of at least 4 members (excludes halogenated alkanes) is 8. The highest BCUT2D eigenvalue weighted by Gasteiger charge is 2.28. The lowest BCUT2D eigenvalue weighted by molar-refractivity contribution is -0.160. The molecule has 0 aromatic carbocycles. The van der Waals surface area contributed by atoms with Gasteiger partial charge in [0, 0.05) is 12.8 Å². The van der Waals surface area contributed by atoms with Crippen molar-refractivity contribution in [2.45, 2.75) is 200 Å². The van der Waals surface area contributed by atoms with Crippen LogP contribution in [-0.4, -0.2) is 66.5 Å². The first-order valence-corrected chi connectivity index (χ1v) is 29.9. The van der Waals surface area contributed by atoms with Gasteiger partial charge in [-0.15, -0.1) is 0 Å². The number of aliphatic hydroxyl groups is 1. The summed E-state index contributed by atoms with van der Waals surface area (Å²) < 4.78 is 39.3. The molecule has 0 radical (unpaired) electrons. The Bertz CT molecular complexity index is 1880. The van der Waals surface area contributed by atoms with Gasteiger partial charge < -0.3 is 24.2 Å². The number of phosphoric acid groups is 1. The van der Waals surface area contributed by atoms with Gasteiger partial charge in [-0.3, -0.25) is 23.4 Å². The molecule has 0 bridgehead atoms. The predicted molar refractivity (Wildman–Crippen MR) is 315 cm³/mol. The zero-order chi connectivity index (χ0) is 55.5. The molecule has 0 spiro atoms. The third-order valence-corrected chi connectivity index (χ3v) is 11.9. The molecule has 3 unspecified atom stereocenters. The number of rotatable bonds is 50. The Morgan fingerprint density at radius 1 is 0.382 bits per heavy atom. The van der Waals surface area contributed by atoms with Crippen molar-refractivity contribution in [1.29, 1.82) is 0 Å². The summed E-state index contributed by atoms with van der Waals surface area (Å²) in [6, 6.07) is 0. The number of hydrogen-bond donors (Lipinski definition) is 2. The van der Waals surface area contributed by atoms with Crippen LogP contribution in [0.5, 0.6) is 0 Å². The summed E-state index contributed by atoms with van der Waals surface area (Å²) in [6.45, 7) is 4.09. The lowest BCUT2D eigenvalue weighted by Crippen LogP contribution is -2.30. The van der Waals surface area contributed by atoms with Gasteiger partial charge >= 0.3 is 25.7 Å². The van der Waals surface area contributed by atoms with Crippen molar-refractivity contribution in [3.05, 3.63) is 158 Å². The number of aliphatic hydroxyl groups excluding tert-OH is 1. The lowest BCUT2D eigenvalue weighted by atomic mass is 10.1. The fourth-order valence-corrected chi connectivity index (χ4v) is 7.55. The molecule has 0 fully saturated rings. The van der Waals surface area contributed by atoms with Crippen molar-refractivity contribution in [1.82, 2.24) is 0 Å². The van der Waals surface area contributed by atoms with Crippen LogP contribution >= 0.6 is 7.82 Å². The molecule has 0 aromatic heterocycles. The van der Waals surface area contributed by atoms with Crippen LogP contribution in [0.25, 0.3) is 0 Å². The van der Waals surface area contributed by atoms with E-state index >= 15 is 0 Å². The van der Waals surface area contributed by atoms with Crippen molar-refractivity contribution in [2.24, 2.45) is 0 Å². The Balaban J connectivity index is 4.91. The number of esters is 3. The van der Waals surface area contributed by atoms with Crippen LogP contribution in [0, 0.1) is 0 Å². The SMILES string of the molecule is CC/C=C\C/C=C\C/C=C\C/C=C\C/C=C\CC(=O)OC(COC(=O)CCCCCCCC/C=C\C/C=C\C/C=C\C/C=C\CC)COP(=O)(O)OCC(CO)OC(=O)CCCC/C=C\C/C=C\C/C=C\C/C=C\CC. The molecule has 0 aliphatic carbocycles. The number of carbonyl (C=O) groups is 3. The molecule has 0 saturated carbocycles. The van der Waals surface area contributed by atoms with Crippen LogP contribution in [-0.2, 0) is 42.2 Å². The fraction of sp³-hybridized carbons (Fsp3) is 0.547. The zero-order valence-electron chi connectivity index (χ0n) is 46.9. The van der Waals surface area contributed by atoms with Gasteiger partial charge in [-0.2, -0.15) is 0 Å². The van der Waals surface area contributed by atoms with Gasteiger partial charge in [0.25, 0.3) is 0 Å². The minimum atomic E-state index is -4.80. The first-order valence-electron chi connectivity index (χ1n) is 28.4. The maximum Gasteiger partial charge on any atom is 0.472 e. The Kier molecular flexibility index (Phi) is 52.7. The van der Waals surface area contributed by atoms with Crippen molar-refractivity contribution in [2.75, 3.05) is 26.4 Å². The van der Waals surface area contributed by atoms with Gasteiger partial charge in [0.05, 0.1) is 26.2 Å². The minimum absolute atomic E-state index is 0.0807. The molecule has 0 amide bonds. The Morgan fingerprint density at radius 3 is 1.12 bits per heavy atom. The normalized spacial score (nSPS) is 14.5. The monoisotopic (exact) mass is 1070 g/mol. The molecule has 0 rings (SSSR count). The third-order valence-electron chi connectivity index (χ3n) is 11.0. The number of allylic oxidation sites excluding steroid dienone is 25. The van der Waals surface area contributed by atoms with E-state index in [-0.39, 0.29) is 19.3 Å². The van der Waals surface area contributed by atoms with Gasteiger partial charge in [0.2, 0.25) is 0 Å². The van der Waals surface area contributed by atoms with Crippen molar-refractivity contribution in [3.8, 4) is 0 Å². The summed E-state index contributed by atoms with van der Waals surface area (Å²) in [5.41, 5.74) is 0. The predicted octanol–water partition coefficient (Wildman–Crippen LogP) is 16.9.